The summed E-state index contributed by atoms with van der Waals surface area (Å²) in [5.74, 6) is 0.630. The fourth-order valence-corrected chi connectivity index (χ4v) is 2.74. The molecule has 7 heteroatoms. The zero-order valence-electron chi connectivity index (χ0n) is 11.6. The van der Waals surface area contributed by atoms with Crippen LogP contribution in [0.5, 0.6) is 0 Å². The van der Waals surface area contributed by atoms with Gasteiger partial charge < -0.3 is 9.18 Å². The highest BCUT2D eigenvalue weighted by atomic mass is 32.1. The van der Waals surface area contributed by atoms with Crippen LogP contribution in [0, 0.1) is 39.0 Å². The molecule has 0 bridgehead atoms. The highest BCUT2D eigenvalue weighted by Gasteiger charge is 2.22. The first-order valence-electron chi connectivity index (χ1n) is 5.88. The van der Waals surface area contributed by atoms with E-state index in [0.29, 0.717) is 5.76 Å². The molecule has 20 heavy (non-hydrogen) atoms. The highest BCUT2D eigenvalue weighted by molar-refractivity contribution is 7.12. The SMILES string of the molecule is [B]OC(=C(C#N)c1onc(C)c1C)c1sc(C)nc1C. The summed E-state index contributed by atoms with van der Waals surface area (Å²) in [4.78, 5) is 5.03. The first-order valence-corrected chi connectivity index (χ1v) is 6.70. The van der Waals surface area contributed by atoms with E-state index in [9.17, 15) is 5.26 Å². The number of nitrogens with zero attached hydrogens (tertiary/aromatic N) is 3. The second kappa shape index (κ2) is 5.51. The van der Waals surface area contributed by atoms with Crippen LogP contribution in [0.1, 0.15) is 32.6 Å². The summed E-state index contributed by atoms with van der Waals surface area (Å²) < 4.78 is 10.2. The number of aryl methyl sites for hydroxylation is 3. The Hall–Kier alpha value is -2.07. The Morgan fingerprint density at radius 3 is 2.40 bits per heavy atom. The molecule has 0 saturated carbocycles. The molecule has 0 spiro atoms. The maximum absolute atomic E-state index is 9.43. The van der Waals surface area contributed by atoms with Crippen molar-refractivity contribution in [1.29, 1.82) is 5.26 Å². The average Bonchev–Trinajstić information content (AvgIpc) is 2.91. The van der Waals surface area contributed by atoms with Gasteiger partial charge in [-0.3, -0.25) is 0 Å². The van der Waals surface area contributed by atoms with Gasteiger partial charge in [-0.15, -0.1) is 11.3 Å². The topological polar surface area (TPSA) is 71.9 Å². The summed E-state index contributed by atoms with van der Waals surface area (Å²) in [6, 6.07) is 2.08. The fraction of sp³-hybridized carbons (Fsp3) is 0.308. The molecule has 0 unspecified atom stereocenters. The van der Waals surface area contributed by atoms with E-state index in [1.165, 1.54) is 11.3 Å². The van der Waals surface area contributed by atoms with Gasteiger partial charge in [-0.25, -0.2) is 4.98 Å². The standard InChI is InChI=1S/C13H12BN3O2S/c1-6-7(2)17-19-11(6)10(5-15)12(18-14)13-8(3)16-9(4)20-13/h1-4H3. The van der Waals surface area contributed by atoms with Crippen molar-refractivity contribution in [2.45, 2.75) is 27.7 Å². The van der Waals surface area contributed by atoms with Crippen molar-refractivity contribution in [2.24, 2.45) is 0 Å². The molecule has 0 N–H and O–H groups in total. The number of nitriles is 1. The van der Waals surface area contributed by atoms with E-state index >= 15 is 0 Å². The van der Waals surface area contributed by atoms with Gasteiger partial charge in [0.2, 0.25) is 0 Å². The van der Waals surface area contributed by atoms with E-state index in [1.807, 2.05) is 27.7 Å². The van der Waals surface area contributed by atoms with Crippen molar-refractivity contribution in [3.8, 4) is 6.07 Å². The minimum atomic E-state index is 0.220. The summed E-state index contributed by atoms with van der Waals surface area (Å²) in [6.45, 7) is 7.36. The molecule has 0 amide bonds. The molecule has 2 heterocycles. The Labute approximate surface area is 122 Å². The van der Waals surface area contributed by atoms with Crippen LogP contribution >= 0.6 is 11.3 Å². The van der Waals surface area contributed by atoms with Gasteiger partial charge in [0.15, 0.2) is 5.76 Å². The van der Waals surface area contributed by atoms with Crippen LogP contribution in [0.4, 0.5) is 0 Å². The number of hydrogen-bond donors (Lipinski definition) is 0. The molecule has 0 aliphatic carbocycles. The summed E-state index contributed by atoms with van der Waals surface area (Å²) in [6.07, 6.45) is 0. The zero-order chi connectivity index (χ0) is 14.9. The van der Waals surface area contributed by atoms with Gasteiger partial charge in [0.25, 0.3) is 0 Å². The second-order valence-corrected chi connectivity index (χ2v) is 5.51. The summed E-state index contributed by atoms with van der Waals surface area (Å²) in [5.41, 5.74) is 2.49. The molecular weight excluding hydrogens is 273 g/mol. The molecule has 100 valence electrons. The lowest BCUT2D eigenvalue weighted by molar-refractivity contribution is 0.405. The molecule has 0 atom stereocenters. The summed E-state index contributed by atoms with van der Waals surface area (Å²) in [5, 5.41) is 14.2. The van der Waals surface area contributed by atoms with Crippen LogP contribution in [0.25, 0.3) is 11.3 Å². The van der Waals surface area contributed by atoms with Crippen molar-refractivity contribution in [3.05, 3.63) is 32.6 Å². The van der Waals surface area contributed by atoms with Gasteiger partial charge >= 0.3 is 8.05 Å². The summed E-state index contributed by atoms with van der Waals surface area (Å²) in [7, 11) is 5.36. The predicted molar refractivity (Wildman–Crippen MR) is 76.8 cm³/mol. The molecule has 5 nitrogen and oxygen atoms in total. The zero-order valence-corrected chi connectivity index (χ0v) is 12.5. The first-order chi connectivity index (χ1) is 9.49. The van der Waals surface area contributed by atoms with Crippen molar-refractivity contribution in [2.75, 3.05) is 0 Å². The van der Waals surface area contributed by atoms with Crippen LogP contribution in [-0.4, -0.2) is 18.2 Å². The van der Waals surface area contributed by atoms with E-state index in [4.69, 9.17) is 17.2 Å². The molecule has 2 aromatic heterocycles. The van der Waals surface area contributed by atoms with Crippen LogP contribution < -0.4 is 0 Å². The molecule has 0 aliphatic heterocycles. The third-order valence-electron chi connectivity index (χ3n) is 2.95. The van der Waals surface area contributed by atoms with Crippen molar-refractivity contribution in [1.82, 2.24) is 10.1 Å². The number of rotatable bonds is 3. The lowest BCUT2D eigenvalue weighted by atomic mass is 10.1. The van der Waals surface area contributed by atoms with Crippen LogP contribution in [0.3, 0.4) is 0 Å². The van der Waals surface area contributed by atoms with E-state index in [1.54, 1.807) is 0 Å². The Bertz CT molecular complexity index is 725. The quantitative estimate of drug-likeness (QED) is 0.492. The highest BCUT2D eigenvalue weighted by Crippen LogP contribution is 2.33. The minimum absolute atomic E-state index is 0.220. The lowest BCUT2D eigenvalue weighted by Crippen LogP contribution is -1.95. The lowest BCUT2D eigenvalue weighted by Gasteiger charge is -2.07. The second-order valence-electron chi connectivity index (χ2n) is 4.30. The number of allylic oxidation sites excluding steroid dienone is 1. The van der Waals surface area contributed by atoms with Crippen molar-refractivity contribution >= 4 is 30.7 Å². The fourth-order valence-electron chi connectivity index (χ4n) is 1.82. The Kier molecular flexibility index (Phi) is 3.95. The van der Waals surface area contributed by atoms with Gasteiger partial charge in [-0.1, -0.05) is 5.16 Å². The third kappa shape index (κ3) is 2.34. The van der Waals surface area contributed by atoms with Gasteiger partial charge in [0, 0.05) is 5.56 Å². The largest absolute Gasteiger partial charge is 0.566 e. The number of thiazole rings is 1. The van der Waals surface area contributed by atoms with Crippen molar-refractivity contribution in [3.63, 3.8) is 0 Å². The van der Waals surface area contributed by atoms with Gasteiger partial charge in [0.05, 0.1) is 21.3 Å². The Morgan fingerprint density at radius 1 is 1.30 bits per heavy atom. The van der Waals surface area contributed by atoms with Crippen LogP contribution in [0.15, 0.2) is 4.52 Å². The maximum atomic E-state index is 9.43. The maximum Gasteiger partial charge on any atom is 0.374 e. The molecule has 0 fully saturated rings. The minimum Gasteiger partial charge on any atom is -0.566 e. The first kappa shape index (κ1) is 14.3. The molecule has 2 aromatic rings. The van der Waals surface area contributed by atoms with E-state index in [0.717, 1.165) is 26.8 Å². The normalized spacial score (nSPS) is 11.9. The number of hydrogen-bond acceptors (Lipinski definition) is 6. The van der Waals surface area contributed by atoms with E-state index < -0.39 is 0 Å². The Balaban J connectivity index is 2.69. The molecule has 2 rings (SSSR count). The van der Waals surface area contributed by atoms with Gasteiger partial charge in [-0.2, -0.15) is 5.26 Å². The molecule has 0 saturated heterocycles. The monoisotopic (exact) mass is 285 g/mol. The average molecular weight is 285 g/mol. The van der Waals surface area contributed by atoms with Crippen molar-refractivity contribution < 1.29 is 9.18 Å². The smallest absolute Gasteiger partial charge is 0.374 e. The van der Waals surface area contributed by atoms with Gasteiger partial charge in [0.1, 0.15) is 17.4 Å². The third-order valence-corrected chi connectivity index (χ3v) is 4.02. The molecule has 2 radical (unpaired) electrons. The van der Waals surface area contributed by atoms with Crippen LogP contribution in [0.2, 0.25) is 0 Å². The van der Waals surface area contributed by atoms with Crippen LogP contribution in [-0.2, 0) is 4.65 Å². The van der Waals surface area contributed by atoms with E-state index in [-0.39, 0.29) is 11.3 Å². The summed E-state index contributed by atoms with van der Waals surface area (Å²) >= 11 is 1.41. The molecule has 0 aliphatic rings. The molecule has 0 aromatic carbocycles. The Morgan fingerprint density at radius 2 is 2.00 bits per heavy atom. The van der Waals surface area contributed by atoms with E-state index in [2.05, 4.69) is 16.2 Å². The molecular formula is C13H12BN3O2S. The van der Waals surface area contributed by atoms with Gasteiger partial charge in [-0.05, 0) is 27.7 Å². The number of aromatic nitrogens is 2. The predicted octanol–water partition coefficient (Wildman–Crippen LogP) is 2.86.